The van der Waals surface area contributed by atoms with Crippen LogP contribution < -0.4 is 5.32 Å². The SMILES string of the molecule is CC=C1C(=O)N2C(C(=O)O)=C(SCCNC(C)=O)S[C@H]12. The van der Waals surface area contributed by atoms with Gasteiger partial charge < -0.3 is 10.4 Å². The molecule has 108 valence electrons. The summed E-state index contributed by atoms with van der Waals surface area (Å²) in [5.74, 6) is -0.878. The second-order valence-electron chi connectivity index (χ2n) is 4.16. The minimum Gasteiger partial charge on any atom is -0.477 e. The summed E-state index contributed by atoms with van der Waals surface area (Å²) < 4.78 is 0.623. The number of aliphatic carboxylic acids is 1. The van der Waals surface area contributed by atoms with Crippen LogP contribution in [0.2, 0.25) is 0 Å². The van der Waals surface area contributed by atoms with Crippen molar-refractivity contribution in [1.29, 1.82) is 0 Å². The first kappa shape index (κ1) is 15.0. The van der Waals surface area contributed by atoms with E-state index in [1.807, 2.05) is 0 Å². The maximum absolute atomic E-state index is 11.8. The van der Waals surface area contributed by atoms with Gasteiger partial charge >= 0.3 is 5.97 Å². The molecule has 1 fully saturated rings. The van der Waals surface area contributed by atoms with Gasteiger partial charge in [0.25, 0.3) is 5.91 Å². The largest absolute Gasteiger partial charge is 0.477 e. The number of β-lactam (4-membered cyclic amide) rings is 1. The maximum atomic E-state index is 11.8. The third-order valence-corrected chi connectivity index (χ3v) is 5.44. The number of hydrogen-bond acceptors (Lipinski definition) is 5. The molecule has 2 aliphatic heterocycles. The molecule has 0 spiro atoms. The van der Waals surface area contributed by atoms with Crippen molar-refractivity contribution in [3.05, 3.63) is 21.6 Å². The van der Waals surface area contributed by atoms with E-state index in [4.69, 9.17) is 0 Å². The lowest BCUT2D eigenvalue weighted by molar-refractivity contribution is -0.141. The molecule has 0 aromatic carbocycles. The Bertz CT molecular complexity index is 542. The Labute approximate surface area is 124 Å². The molecule has 0 aromatic rings. The van der Waals surface area contributed by atoms with Crippen LogP contribution >= 0.6 is 23.5 Å². The fourth-order valence-corrected chi connectivity index (χ4v) is 4.62. The van der Waals surface area contributed by atoms with Gasteiger partial charge in [0.05, 0.1) is 4.24 Å². The number of amides is 2. The minimum absolute atomic E-state index is 0.0587. The van der Waals surface area contributed by atoms with Crippen LogP contribution in [0.3, 0.4) is 0 Å². The van der Waals surface area contributed by atoms with E-state index < -0.39 is 5.97 Å². The molecule has 2 N–H and O–H groups in total. The van der Waals surface area contributed by atoms with Gasteiger partial charge in [-0.2, -0.15) is 0 Å². The predicted molar refractivity (Wildman–Crippen MR) is 77.8 cm³/mol. The van der Waals surface area contributed by atoms with Gasteiger partial charge in [0.1, 0.15) is 5.37 Å². The van der Waals surface area contributed by atoms with Crippen LogP contribution in [0.25, 0.3) is 0 Å². The van der Waals surface area contributed by atoms with Crippen molar-refractivity contribution in [2.45, 2.75) is 19.2 Å². The molecule has 0 aromatic heterocycles. The van der Waals surface area contributed by atoms with Gasteiger partial charge in [-0.15, -0.1) is 11.8 Å². The zero-order valence-corrected chi connectivity index (χ0v) is 12.6. The van der Waals surface area contributed by atoms with E-state index in [9.17, 15) is 19.5 Å². The summed E-state index contributed by atoms with van der Waals surface area (Å²) in [6.07, 6.45) is 1.72. The molecule has 0 saturated carbocycles. The summed E-state index contributed by atoms with van der Waals surface area (Å²) in [6.45, 7) is 3.67. The Morgan fingerprint density at radius 2 is 2.25 bits per heavy atom. The number of allylic oxidation sites excluding steroid dienone is 1. The van der Waals surface area contributed by atoms with E-state index in [0.717, 1.165) is 0 Å². The zero-order valence-electron chi connectivity index (χ0n) is 11.0. The van der Waals surface area contributed by atoms with Gasteiger partial charge in [0, 0.05) is 24.8 Å². The number of carboxylic acid groups (broad SMARTS) is 1. The first-order valence-electron chi connectivity index (χ1n) is 5.98. The van der Waals surface area contributed by atoms with E-state index in [0.29, 0.717) is 22.1 Å². The Hall–Kier alpha value is -1.41. The quantitative estimate of drug-likeness (QED) is 0.447. The van der Waals surface area contributed by atoms with Gasteiger partial charge in [-0.3, -0.25) is 14.5 Å². The Morgan fingerprint density at radius 1 is 1.55 bits per heavy atom. The molecule has 20 heavy (non-hydrogen) atoms. The van der Waals surface area contributed by atoms with Crippen LogP contribution in [0, 0.1) is 0 Å². The molecule has 2 aliphatic rings. The lowest BCUT2D eigenvalue weighted by Crippen LogP contribution is -2.51. The Morgan fingerprint density at radius 3 is 2.80 bits per heavy atom. The predicted octanol–water partition coefficient (Wildman–Crippen LogP) is 0.971. The van der Waals surface area contributed by atoms with E-state index in [2.05, 4.69) is 5.32 Å². The van der Waals surface area contributed by atoms with Crippen LogP contribution in [-0.4, -0.2) is 45.5 Å². The summed E-state index contributed by atoms with van der Waals surface area (Å²) in [4.78, 5) is 35.2. The topological polar surface area (TPSA) is 86.7 Å². The summed E-state index contributed by atoms with van der Waals surface area (Å²) in [5, 5.41) is 11.7. The molecule has 0 aliphatic carbocycles. The number of fused-ring (bicyclic) bond motifs is 1. The summed E-state index contributed by atoms with van der Waals surface area (Å²) >= 11 is 2.73. The van der Waals surface area contributed by atoms with Crippen LogP contribution in [-0.2, 0) is 14.4 Å². The number of thioether (sulfide) groups is 2. The monoisotopic (exact) mass is 314 g/mol. The van der Waals surface area contributed by atoms with Gasteiger partial charge in [0.2, 0.25) is 5.91 Å². The fourth-order valence-electron chi connectivity index (χ4n) is 1.94. The van der Waals surface area contributed by atoms with Crippen LogP contribution in [0.15, 0.2) is 21.6 Å². The van der Waals surface area contributed by atoms with Crippen molar-refractivity contribution in [2.75, 3.05) is 12.3 Å². The Kier molecular flexibility index (Phi) is 4.44. The molecule has 8 heteroatoms. The van der Waals surface area contributed by atoms with Crippen molar-refractivity contribution in [1.82, 2.24) is 10.2 Å². The van der Waals surface area contributed by atoms with Crippen molar-refractivity contribution in [2.24, 2.45) is 0 Å². The van der Waals surface area contributed by atoms with Gasteiger partial charge in [-0.05, 0) is 6.92 Å². The second kappa shape index (κ2) is 5.92. The fraction of sp³-hybridized carbons (Fsp3) is 0.417. The van der Waals surface area contributed by atoms with E-state index in [-0.39, 0.29) is 22.9 Å². The van der Waals surface area contributed by atoms with Crippen molar-refractivity contribution < 1.29 is 19.5 Å². The average Bonchev–Trinajstić information content (AvgIpc) is 2.70. The molecule has 6 nitrogen and oxygen atoms in total. The highest BCUT2D eigenvalue weighted by Gasteiger charge is 2.52. The zero-order chi connectivity index (χ0) is 14.9. The molecule has 0 unspecified atom stereocenters. The maximum Gasteiger partial charge on any atom is 0.354 e. The third kappa shape index (κ3) is 2.57. The molecule has 2 heterocycles. The van der Waals surface area contributed by atoms with E-state index >= 15 is 0 Å². The summed E-state index contributed by atoms with van der Waals surface area (Å²) in [7, 11) is 0. The molecule has 0 radical (unpaired) electrons. The number of hydrogen-bond donors (Lipinski definition) is 2. The van der Waals surface area contributed by atoms with E-state index in [1.54, 1.807) is 13.0 Å². The minimum atomic E-state index is -1.09. The van der Waals surface area contributed by atoms with E-state index in [1.165, 1.54) is 35.3 Å². The number of rotatable bonds is 5. The second-order valence-corrected chi connectivity index (χ2v) is 6.62. The van der Waals surface area contributed by atoms with Gasteiger partial charge in [-0.25, -0.2) is 4.79 Å². The van der Waals surface area contributed by atoms with Gasteiger partial charge in [-0.1, -0.05) is 17.8 Å². The number of nitrogens with one attached hydrogen (secondary N) is 1. The Balaban J connectivity index is 2.06. The standard InChI is InChI=1S/C12H14N2O4S2/c1-3-7-9(16)14-8(11(17)18)12(20-10(7)14)19-5-4-13-6(2)15/h3,10H,4-5H2,1-2H3,(H,13,15)(H,17,18)/t10-/m1/s1. The van der Waals surface area contributed by atoms with Crippen LogP contribution in [0.5, 0.6) is 0 Å². The molecular formula is C12H14N2O4S2. The smallest absolute Gasteiger partial charge is 0.354 e. The number of nitrogens with zero attached hydrogens (tertiary/aromatic N) is 1. The highest BCUT2D eigenvalue weighted by molar-refractivity contribution is 8.22. The number of carbonyl (C=O) groups is 3. The molecular weight excluding hydrogens is 300 g/mol. The molecule has 2 amide bonds. The molecule has 2 rings (SSSR count). The van der Waals surface area contributed by atoms with Crippen molar-refractivity contribution >= 4 is 41.3 Å². The highest BCUT2D eigenvalue weighted by Crippen LogP contribution is 2.52. The van der Waals surface area contributed by atoms with Crippen LogP contribution in [0.4, 0.5) is 0 Å². The number of carboxylic acids is 1. The first-order chi connectivity index (χ1) is 9.47. The molecule has 0 bridgehead atoms. The van der Waals surface area contributed by atoms with Crippen molar-refractivity contribution in [3.8, 4) is 0 Å². The van der Waals surface area contributed by atoms with Crippen molar-refractivity contribution in [3.63, 3.8) is 0 Å². The molecule has 1 atom stereocenters. The lowest BCUT2D eigenvalue weighted by Gasteiger charge is -2.36. The molecule has 1 saturated heterocycles. The average molecular weight is 314 g/mol. The van der Waals surface area contributed by atoms with Crippen LogP contribution in [0.1, 0.15) is 13.8 Å². The normalized spacial score (nSPS) is 22.9. The summed E-state index contributed by atoms with van der Waals surface area (Å²) in [5.41, 5.74) is 0.703. The highest BCUT2D eigenvalue weighted by atomic mass is 32.2. The number of carbonyl (C=O) groups excluding carboxylic acids is 2. The first-order valence-corrected chi connectivity index (χ1v) is 7.85. The van der Waals surface area contributed by atoms with Gasteiger partial charge in [0.15, 0.2) is 5.70 Å². The summed E-state index contributed by atoms with van der Waals surface area (Å²) in [6, 6.07) is 0. The third-order valence-electron chi connectivity index (χ3n) is 2.84. The lowest BCUT2D eigenvalue weighted by atomic mass is 10.1.